The summed E-state index contributed by atoms with van der Waals surface area (Å²) in [6.07, 6.45) is 1.89. The highest BCUT2D eigenvalue weighted by Crippen LogP contribution is 2.06. The van der Waals surface area contributed by atoms with Gasteiger partial charge in [-0.05, 0) is 24.0 Å². The van der Waals surface area contributed by atoms with E-state index in [0.717, 1.165) is 12.8 Å². The Labute approximate surface area is 83.5 Å². The molecule has 0 radical (unpaired) electrons. The van der Waals surface area contributed by atoms with Gasteiger partial charge in [0.1, 0.15) is 0 Å². The molecule has 0 saturated carbocycles. The number of halogens is 2. The van der Waals surface area contributed by atoms with Gasteiger partial charge in [-0.1, -0.05) is 24.3 Å². The molecule has 0 amide bonds. The fourth-order valence-electron chi connectivity index (χ4n) is 1.09. The van der Waals surface area contributed by atoms with E-state index in [1.807, 2.05) is 0 Å². The molecule has 0 aromatic heterocycles. The Morgan fingerprint density at radius 2 is 1.08 bits per heavy atom. The largest absolute Gasteiger partial charge is 0.126 e. The number of rotatable bonds is 4. The van der Waals surface area contributed by atoms with E-state index in [9.17, 15) is 0 Å². The highest BCUT2D eigenvalue weighted by atomic mass is 35.5. The third kappa shape index (κ3) is 3.04. The van der Waals surface area contributed by atoms with Gasteiger partial charge in [-0.3, -0.25) is 0 Å². The van der Waals surface area contributed by atoms with Crippen molar-refractivity contribution >= 4 is 23.2 Å². The van der Waals surface area contributed by atoms with Crippen LogP contribution < -0.4 is 0 Å². The van der Waals surface area contributed by atoms with Gasteiger partial charge in [-0.15, -0.1) is 23.2 Å². The minimum Gasteiger partial charge on any atom is -0.126 e. The molecule has 0 unspecified atom stereocenters. The maximum atomic E-state index is 5.62. The SMILES string of the molecule is ClCCc1ccc(CCCl)cc1. The van der Waals surface area contributed by atoms with Crippen molar-refractivity contribution in [1.82, 2.24) is 0 Å². The molecule has 1 aromatic rings. The molecule has 0 spiro atoms. The molecular weight excluding hydrogens is 191 g/mol. The average molecular weight is 203 g/mol. The van der Waals surface area contributed by atoms with E-state index in [0.29, 0.717) is 11.8 Å². The molecule has 0 fully saturated rings. The van der Waals surface area contributed by atoms with Crippen molar-refractivity contribution in [1.29, 1.82) is 0 Å². The third-order valence-electron chi connectivity index (χ3n) is 1.79. The van der Waals surface area contributed by atoms with Crippen molar-refractivity contribution in [3.8, 4) is 0 Å². The summed E-state index contributed by atoms with van der Waals surface area (Å²) < 4.78 is 0. The van der Waals surface area contributed by atoms with E-state index in [2.05, 4.69) is 24.3 Å². The van der Waals surface area contributed by atoms with Gasteiger partial charge in [0.05, 0.1) is 0 Å². The molecule has 0 aliphatic rings. The maximum absolute atomic E-state index is 5.62. The summed E-state index contributed by atoms with van der Waals surface area (Å²) in [4.78, 5) is 0. The van der Waals surface area contributed by atoms with Crippen LogP contribution in [0, 0.1) is 0 Å². The number of aryl methyl sites for hydroxylation is 2. The molecule has 66 valence electrons. The Balaban J connectivity index is 2.58. The lowest BCUT2D eigenvalue weighted by molar-refractivity contribution is 1.11. The van der Waals surface area contributed by atoms with Crippen molar-refractivity contribution in [2.24, 2.45) is 0 Å². The molecule has 0 N–H and O–H groups in total. The number of hydrogen-bond acceptors (Lipinski definition) is 0. The van der Waals surface area contributed by atoms with E-state index in [-0.39, 0.29) is 0 Å². The average Bonchev–Trinajstić information content (AvgIpc) is 2.09. The van der Waals surface area contributed by atoms with Crippen LogP contribution in [-0.2, 0) is 12.8 Å². The predicted molar refractivity (Wildman–Crippen MR) is 55.3 cm³/mol. The summed E-state index contributed by atoms with van der Waals surface area (Å²) in [5.41, 5.74) is 2.59. The quantitative estimate of drug-likeness (QED) is 0.659. The van der Waals surface area contributed by atoms with Crippen LogP contribution in [0.2, 0.25) is 0 Å². The number of benzene rings is 1. The second-order valence-electron chi connectivity index (χ2n) is 2.69. The lowest BCUT2D eigenvalue weighted by Gasteiger charge is -2.00. The Morgan fingerprint density at radius 1 is 0.750 bits per heavy atom. The standard InChI is InChI=1S/C10H12Cl2/c11-7-5-9-1-2-10(4-3-9)6-8-12/h1-4H,5-8H2. The van der Waals surface area contributed by atoms with Crippen LogP contribution in [0.4, 0.5) is 0 Å². The lowest BCUT2D eigenvalue weighted by Crippen LogP contribution is -1.89. The van der Waals surface area contributed by atoms with Crippen LogP contribution in [0.25, 0.3) is 0 Å². The van der Waals surface area contributed by atoms with Crippen molar-refractivity contribution in [2.75, 3.05) is 11.8 Å². The van der Waals surface area contributed by atoms with Crippen molar-refractivity contribution in [3.63, 3.8) is 0 Å². The van der Waals surface area contributed by atoms with Gasteiger partial charge in [-0.25, -0.2) is 0 Å². The van der Waals surface area contributed by atoms with Gasteiger partial charge < -0.3 is 0 Å². The molecule has 0 aliphatic heterocycles. The first-order valence-corrected chi connectivity index (χ1v) is 5.13. The van der Waals surface area contributed by atoms with Crippen LogP contribution in [-0.4, -0.2) is 11.8 Å². The second kappa shape index (κ2) is 5.45. The molecule has 2 heteroatoms. The Bertz CT molecular complexity index is 191. The lowest BCUT2D eigenvalue weighted by atomic mass is 10.1. The van der Waals surface area contributed by atoms with Gasteiger partial charge in [0, 0.05) is 11.8 Å². The Morgan fingerprint density at radius 3 is 1.33 bits per heavy atom. The third-order valence-corrected chi connectivity index (χ3v) is 2.17. The smallest absolute Gasteiger partial charge is 0.0263 e. The van der Waals surface area contributed by atoms with Gasteiger partial charge in [0.25, 0.3) is 0 Å². The fraction of sp³-hybridized carbons (Fsp3) is 0.400. The second-order valence-corrected chi connectivity index (χ2v) is 3.45. The van der Waals surface area contributed by atoms with E-state index >= 15 is 0 Å². The minimum absolute atomic E-state index is 0.689. The molecule has 0 atom stereocenters. The van der Waals surface area contributed by atoms with Gasteiger partial charge in [0.2, 0.25) is 0 Å². The topological polar surface area (TPSA) is 0 Å². The summed E-state index contributed by atoms with van der Waals surface area (Å²) in [6.45, 7) is 0. The molecule has 0 bridgehead atoms. The zero-order chi connectivity index (χ0) is 8.81. The van der Waals surface area contributed by atoms with Crippen LogP contribution >= 0.6 is 23.2 Å². The Hall–Kier alpha value is -0.200. The molecule has 0 nitrogen and oxygen atoms in total. The molecule has 0 heterocycles. The number of hydrogen-bond donors (Lipinski definition) is 0. The minimum atomic E-state index is 0.689. The van der Waals surface area contributed by atoms with Crippen LogP contribution in [0.5, 0.6) is 0 Å². The summed E-state index contributed by atoms with van der Waals surface area (Å²) in [7, 11) is 0. The predicted octanol–water partition coefficient (Wildman–Crippen LogP) is 3.25. The molecule has 12 heavy (non-hydrogen) atoms. The van der Waals surface area contributed by atoms with Gasteiger partial charge in [0.15, 0.2) is 0 Å². The molecule has 1 rings (SSSR count). The molecule has 0 saturated heterocycles. The van der Waals surface area contributed by atoms with E-state index in [1.165, 1.54) is 11.1 Å². The summed E-state index contributed by atoms with van der Waals surface area (Å²) >= 11 is 11.2. The monoisotopic (exact) mass is 202 g/mol. The first-order chi connectivity index (χ1) is 5.86. The van der Waals surface area contributed by atoms with Crippen LogP contribution in [0.3, 0.4) is 0 Å². The summed E-state index contributed by atoms with van der Waals surface area (Å²) in [5, 5.41) is 0. The zero-order valence-electron chi connectivity index (χ0n) is 6.89. The maximum Gasteiger partial charge on any atom is 0.0263 e. The van der Waals surface area contributed by atoms with Crippen LogP contribution in [0.15, 0.2) is 24.3 Å². The molecule has 0 aliphatic carbocycles. The normalized spacial score (nSPS) is 10.2. The number of alkyl halides is 2. The fourth-order valence-corrected chi connectivity index (χ4v) is 1.53. The summed E-state index contributed by atoms with van der Waals surface area (Å²) in [6, 6.07) is 8.46. The molecule has 1 aromatic carbocycles. The zero-order valence-corrected chi connectivity index (χ0v) is 8.41. The first-order valence-electron chi connectivity index (χ1n) is 4.06. The van der Waals surface area contributed by atoms with Crippen molar-refractivity contribution in [3.05, 3.63) is 35.4 Å². The van der Waals surface area contributed by atoms with Crippen LogP contribution in [0.1, 0.15) is 11.1 Å². The van der Waals surface area contributed by atoms with E-state index < -0.39 is 0 Å². The highest BCUT2D eigenvalue weighted by molar-refractivity contribution is 6.18. The first kappa shape index (κ1) is 9.88. The Kier molecular flexibility index (Phi) is 4.49. The van der Waals surface area contributed by atoms with Gasteiger partial charge >= 0.3 is 0 Å². The van der Waals surface area contributed by atoms with Gasteiger partial charge in [-0.2, -0.15) is 0 Å². The van der Waals surface area contributed by atoms with Crippen molar-refractivity contribution in [2.45, 2.75) is 12.8 Å². The molecular formula is C10H12Cl2. The van der Waals surface area contributed by atoms with E-state index in [1.54, 1.807) is 0 Å². The highest BCUT2D eigenvalue weighted by Gasteiger charge is 1.93. The van der Waals surface area contributed by atoms with Crippen molar-refractivity contribution < 1.29 is 0 Å². The summed E-state index contributed by atoms with van der Waals surface area (Å²) in [5.74, 6) is 1.38. The van der Waals surface area contributed by atoms with E-state index in [4.69, 9.17) is 23.2 Å².